The third kappa shape index (κ3) is 1.24. The maximum atomic E-state index is 9.32. The lowest BCUT2D eigenvalue weighted by molar-refractivity contribution is -0.0808. The van der Waals surface area contributed by atoms with Gasteiger partial charge in [0.15, 0.2) is 0 Å². The molecule has 0 atom stereocenters. The summed E-state index contributed by atoms with van der Waals surface area (Å²) in [6, 6.07) is 1.75. The van der Waals surface area contributed by atoms with E-state index >= 15 is 0 Å². The van der Waals surface area contributed by atoms with E-state index in [4.69, 9.17) is 0 Å². The highest BCUT2D eigenvalue weighted by Gasteiger charge is 2.21. The molecule has 12 heavy (non-hydrogen) atoms. The lowest BCUT2D eigenvalue weighted by Crippen LogP contribution is -2.34. The number of aromatic nitrogens is 2. The number of hydrazine groups is 1. The van der Waals surface area contributed by atoms with Gasteiger partial charge in [-0.3, -0.25) is 10.2 Å². The summed E-state index contributed by atoms with van der Waals surface area (Å²) in [6.07, 6.45) is 4.26. The molecule has 2 heterocycles. The maximum absolute atomic E-state index is 9.32. The summed E-state index contributed by atoms with van der Waals surface area (Å²) in [7, 11) is 0. The lowest BCUT2D eigenvalue weighted by Gasteiger charge is -2.20. The number of nitrogens with zero attached hydrogens (tertiary/aromatic N) is 4. The standard InChI is InChI=1S/C7H10N4O/c12-11-6-2-5-10(11)7-8-3-1-4-9-7/h1,3-4,12H,2,5-6H2. The fraction of sp³-hybridized carbons (Fsp3) is 0.429. The molecule has 0 aliphatic carbocycles. The van der Waals surface area contributed by atoms with Crippen LogP contribution in [0.3, 0.4) is 0 Å². The minimum absolute atomic E-state index is 0.553. The maximum Gasteiger partial charge on any atom is 0.241 e. The molecule has 1 saturated heterocycles. The van der Waals surface area contributed by atoms with Gasteiger partial charge in [0.1, 0.15) is 0 Å². The van der Waals surface area contributed by atoms with Crippen LogP contribution >= 0.6 is 0 Å². The van der Waals surface area contributed by atoms with Crippen LogP contribution < -0.4 is 5.01 Å². The Hall–Kier alpha value is -1.20. The van der Waals surface area contributed by atoms with E-state index in [-0.39, 0.29) is 0 Å². The monoisotopic (exact) mass is 166 g/mol. The SMILES string of the molecule is ON1CCCN1c1ncccn1. The van der Waals surface area contributed by atoms with Crippen molar-refractivity contribution >= 4 is 5.95 Å². The summed E-state index contributed by atoms with van der Waals surface area (Å²) in [5, 5.41) is 12.1. The fourth-order valence-corrected chi connectivity index (χ4v) is 1.23. The van der Waals surface area contributed by atoms with Gasteiger partial charge in [-0.1, -0.05) is 5.17 Å². The van der Waals surface area contributed by atoms with Crippen LogP contribution in [0.1, 0.15) is 6.42 Å². The van der Waals surface area contributed by atoms with Gasteiger partial charge in [0, 0.05) is 25.5 Å². The zero-order valence-electron chi connectivity index (χ0n) is 6.59. The van der Waals surface area contributed by atoms with E-state index in [1.165, 1.54) is 0 Å². The minimum atomic E-state index is 0.553. The van der Waals surface area contributed by atoms with E-state index in [2.05, 4.69) is 9.97 Å². The molecule has 5 heteroatoms. The molecule has 0 saturated carbocycles. The number of anilines is 1. The van der Waals surface area contributed by atoms with Gasteiger partial charge in [-0.15, -0.1) is 0 Å². The largest absolute Gasteiger partial charge is 0.294 e. The van der Waals surface area contributed by atoms with Gasteiger partial charge in [-0.25, -0.2) is 9.97 Å². The summed E-state index contributed by atoms with van der Waals surface area (Å²) in [4.78, 5) is 8.05. The molecule has 0 aromatic carbocycles. The first-order valence-electron chi connectivity index (χ1n) is 3.89. The van der Waals surface area contributed by atoms with Crippen LogP contribution in [-0.2, 0) is 0 Å². The van der Waals surface area contributed by atoms with Crippen LogP contribution in [0.4, 0.5) is 5.95 Å². The molecule has 1 aromatic rings. The van der Waals surface area contributed by atoms with E-state index in [0.29, 0.717) is 12.5 Å². The van der Waals surface area contributed by atoms with Crippen molar-refractivity contribution in [3.05, 3.63) is 18.5 Å². The summed E-state index contributed by atoms with van der Waals surface area (Å²) >= 11 is 0. The van der Waals surface area contributed by atoms with Crippen molar-refractivity contribution in [2.75, 3.05) is 18.1 Å². The zero-order chi connectivity index (χ0) is 8.39. The van der Waals surface area contributed by atoms with Crippen LogP contribution in [0.25, 0.3) is 0 Å². The quantitative estimate of drug-likeness (QED) is 0.650. The molecular formula is C7H10N4O. The van der Waals surface area contributed by atoms with Gasteiger partial charge in [0.05, 0.1) is 0 Å². The van der Waals surface area contributed by atoms with Gasteiger partial charge in [-0.2, -0.15) is 0 Å². The van der Waals surface area contributed by atoms with Gasteiger partial charge < -0.3 is 0 Å². The number of hydrogen-bond donors (Lipinski definition) is 1. The Morgan fingerprint density at radius 3 is 2.58 bits per heavy atom. The first-order valence-corrected chi connectivity index (χ1v) is 3.89. The number of hydrogen-bond acceptors (Lipinski definition) is 5. The Balaban J connectivity index is 2.19. The van der Waals surface area contributed by atoms with Crippen LogP contribution in [0.15, 0.2) is 18.5 Å². The van der Waals surface area contributed by atoms with Crippen molar-refractivity contribution in [1.82, 2.24) is 15.1 Å². The smallest absolute Gasteiger partial charge is 0.241 e. The molecule has 2 rings (SSSR count). The Bertz CT molecular complexity index is 253. The van der Waals surface area contributed by atoms with Crippen LogP contribution in [0, 0.1) is 0 Å². The second kappa shape index (κ2) is 3.04. The Kier molecular flexibility index (Phi) is 1.89. The molecule has 5 nitrogen and oxygen atoms in total. The molecule has 1 aliphatic heterocycles. The molecular weight excluding hydrogens is 156 g/mol. The topological polar surface area (TPSA) is 52.5 Å². The molecule has 1 N–H and O–H groups in total. The first-order chi connectivity index (χ1) is 5.88. The highest BCUT2D eigenvalue weighted by molar-refractivity contribution is 5.26. The summed E-state index contributed by atoms with van der Waals surface area (Å²) in [5.74, 6) is 0.553. The van der Waals surface area contributed by atoms with E-state index in [1.54, 1.807) is 23.5 Å². The van der Waals surface area contributed by atoms with E-state index < -0.39 is 0 Å². The molecule has 64 valence electrons. The minimum Gasteiger partial charge on any atom is -0.294 e. The first kappa shape index (κ1) is 7.45. The van der Waals surface area contributed by atoms with Gasteiger partial charge in [0.2, 0.25) is 5.95 Å². The summed E-state index contributed by atoms with van der Waals surface area (Å²) in [5.41, 5.74) is 0. The summed E-state index contributed by atoms with van der Waals surface area (Å²) < 4.78 is 0. The van der Waals surface area contributed by atoms with E-state index in [1.807, 2.05) is 0 Å². The Morgan fingerprint density at radius 2 is 2.00 bits per heavy atom. The fourth-order valence-electron chi connectivity index (χ4n) is 1.23. The third-order valence-electron chi connectivity index (χ3n) is 1.79. The predicted octanol–water partition coefficient (Wildman–Crippen LogP) is 0.293. The third-order valence-corrected chi connectivity index (χ3v) is 1.79. The summed E-state index contributed by atoms with van der Waals surface area (Å²) in [6.45, 7) is 1.43. The van der Waals surface area contributed by atoms with Crippen LogP contribution in [0.2, 0.25) is 0 Å². The predicted molar refractivity (Wildman–Crippen MR) is 42.5 cm³/mol. The number of hydroxylamine groups is 1. The van der Waals surface area contributed by atoms with Crippen molar-refractivity contribution in [3.8, 4) is 0 Å². The molecule has 0 unspecified atom stereocenters. The highest BCUT2D eigenvalue weighted by Crippen LogP contribution is 2.13. The van der Waals surface area contributed by atoms with Crippen LogP contribution in [0.5, 0.6) is 0 Å². The second-order valence-corrected chi connectivity index (χ2v) is 2.62. The molecule has 0 bridgehead atoms. The van der Waals surface area contributed by atoms with Crippen molar-refractivity contribution < 1.29 is 5.21 Å². The molecule has 1 aromatic heterocycles. The molecule has 0 spiro atoms. The molecule has 0 radical (unpaired) electrons. The second-order valence-electron chi connectivity index (χ2n) is 2.62. The molecule has 0 amide bonds. The van der Waals surface area contributed by atoms with Crippen molar-refractivity contribution in [2.45, 2.75) is 6.42 Å². The van der Waals surface area contributed by atoms with Crippen molar-refractivity contribution in [1.29, 1.82) is 0 Å². The normalized spacial score (nSPS) is 18.6. The Morgan fingerprint density at radius 1 is 1.25 bits per heavy atom. The van der Waals surface area contributed by atoms with Gasteiger partial charge in [-0.05, 0) is 12.5 Å². The zero-order valence-corrected chi connectivity index (χ0v) is 6.59. The molecule has 1 fully saturated rings. The average Bonchev–Trinajstić information content (AvgIpc) is 2.53. The number of rotatable bonds is 1. The van der Waals surface area contributed by atoms with Crippen molar-refractivity contribution in [3.63, 3.8) is 0 Å². The van der Waals surface area contributed by atoms with Gasteiger partial charge >= 0.3 is 0 Å². The van der Waals surface area contributed by atoms with E-state index in [0.717, 1.165) is 18.1 Å². The van der Waals surface area contributed by atoms with Gasteiger partial charge in [0.25, 0.3) is 0 Å². The molecule has 1 aliphatic rings. The lowest BCUT2D eigenvalue weighted by atomic mass is 10.5. The van der Waals surface area contributed by atoms with Crippen LogP contribution in [-0.4, -0.2) is 33.4 Å². The average molecular weight is 166 g/mol. The highest BCUT2D eigenvalue weighted by atomic mass is 16.6. The Labute approximate surface area is 70.2 Å². The van der Waals surface area contributed by atoms with Crippen molar-refractivity contribution in [2.24, 2.45) is 0 Å². The van der Waals surface area contributed by atoms with E-state index in [9.17, 15) is 5.21 Å².